The highest BCUT2D eigenvalue weighted by Gasteiger charge is 2.48. The number of hydrogen-bond acceptors (Lipinski definition) is 8. The molecule has 0 aliphatic carbocycles. The van der Waals surface area contributed by atoms with Gasteiger partial charge in [0, 0.05) is 18.6 Å². The monoisotopic (exact) mass is 456 g/mol. The van der Waals surface area contributed by atoms with Gasteiger partial charge in [-0.15, -0.1) is 0 Å². The predicted octanol–water partition coefficient (Wildman–Crippen LogP) is 2.79. The standard InChI is InChI=1S/C20H19F3N2O7/c1-31-19(28)17(27)18(20(21,22)23)24-14-9-13(7-8-26)15(25(29)30)10-16(14)32-11-12-5-3-2-4-6-12/h2-6,9-10,18,24,26H,7-8,11H2,1H3. The van der Waals surface area contributed by atoms with E-state index in [1.807, 2.05) is 5.32 Å². The number of nitrogens with one attached hydrogen (secondary N) is 1. The predicted molar refractivity (Wildman–Crippen MR) is 105 cm³/mol. The number of esters is 1. The summed E-state index contributed by atoms with van der Waals surface area (Å²) >= 11 is 0. The molecule has 0 saturated carbocycles. The molecule has 0 heterocycles. The Morgan fingerprint density at radius 2 is 1.88 bits per heavy atom. The molecule has 0 aliphatic rings. The largest absolute Gasteiger partial charge is 0.486 e. The number of methoxy groups -OCH3 is 1. The fourth-order valence-electron chi connectivity index (χ4n) is 2.74. The maximum atomic E-state index is 13.5. The van der Waals surface area contributed by atoms with Crippen LogP contribution in [0.25, 0.3) is 0 Å². The van der Waals surface area contributed by atoms with Crippen LogP contribution in [0.4, 0.5) is 24.5 Å². The van der Waals surface area contributed by atoms with E-state index in [0.29, 0.717) is 5.56 Å². The topological polar surface area (TPSA) is 128 Å². The molecule has 172 valence electrons. The first-order chi connectivity index (χ1) is 15.1. The minimum absolute atomic E-state index is 0.0986. The van der Waals surface area contributed by atoms with Gasteiger partial charge >= 0.3 is 12.1 Å². The molecular weight excluding hydrogens is 437 g/mol. The molecule has 32 heavy (non-hydrogen) atoms. The van der Waals surface area contributed by atoms with Crippen LogP contribution in [0.2, 0.25) is 0 Å². The van der Waals surface area contributed by atoms with Crippen molar-refractivity contribution in [3.05, 3.63) is 63.7 Å². The zero-order chi connectivity index (χ0) is 23.9. The van der Waals surface area contributed by atoms with Gasteiger partial charge in [-0.05, 0) is 11.6 Å². The number of aliphatic hydroxyl groups excluding tert-OH is 1. The number of ketones is 1. The molecule has 2 aromatic rings. The number of alkyl halides is 3. The summed E-state index contributed by atoms with van der Waals surface area (Å²) in [6.07, 6.45) is -5.44. The van der Waals surface area contributed by atoms with Gasteiger partial charge in [0.25, 0.3) is 11.5 Å². The van der Waals surface area contributed by atoms with Gasteiger partial charge in [0.1, 0.15) is 12.4 Å². The normalized spacial score (nSPS) is 12.0. The van der Waals surface area contributed by atoms with Crippen LogP contribution in [0.5, 0.6) is 5.75 Å². The first-order valence-corrected chi connectivity index (χ1v) is 9.12. The average molecular weight is 456 g/mol. The smallest absolute Gasteiger partial charge is 0.416 e. The number of aliphatic hydroxyl groups is 1. The second-order valence-corrected chi connectivity index (χ2v) is 6.46. The summed E-state index contributed by atoms with van der Waals surface area (Å²) in [5, 5.41) is 22.5. The third-order valence-electron chi connectivity index (χ3n) is 4.27. The number of nitrogens with zero attached hydrogens (tertiary/aromatic N) is 1. The second kappa shape index (κ2) is 10.6. The van der Waals surface area contributed by atoms with Crippen LogP contribution in [0.1, 0.15) is 11.1 Å². The van der Waals surface area contributed by atoms with Crippen molar-refractivity contribution in [3.63, 3.8) is 0 Å². The number of benzene rings is 2. The van der Waals surface area contributed by atoms with E-state index in [1.54, 1.807) is 30.3 Å². The molecule has 0 aliphatic heterocycles. The number of halogens is 3. The minimum atomic E-state index is -5.19. The van der Waals surface area contributed by atoms with Crippen LogP contribution in [0, 0.1) is 10.1 Å². The van der Waals surface area contributed by atoms with Crippen molar-refractivity contribution < 1.29 is 42.3 Å². The lowest BCUT2D eigenvalue weighted by molar-refractivity contribution is -0.385. The van der Waals surface area contributed by atoms with Gasteiger partial charge in [-0.2, -0.15) is 13.2 Å². The van der Waals surface area contributed by atoms with E-state index in [4.69, 9.17) is 4.74 Å². The van der Waals surface area contributed by atoms with Crippen molar-refractivity contribution in [1.82, 2.24) is 0 Å². The second-order valence-electron chi connectivity index (χ2n) is 6.46. The fraction of sp³-hybridized carbons (Fsp3) is 0.300. The number of rotatable bonds is 10. The number of carbonyl (C=O) groups excluding carboxylic acids is 2. The number of nitro groups is 1. The first kappa shape index (κ1) is 24.6. The van der Waals surface area contributed by atoms with E-state index in [0.717, 1.165) is 19.2 Å². The molecule has 2 aromatic carbocycles. The maximum absolute atomic E-state index is 13.5. The molecular formula is C20H19F3N2O7. The zero-order valence-corrected chi connectivity index (χ0v) is 16.7. The van der Waals surface area contributed by atoms with Crippen molar-refractivity contribution in [2.75, 3.05) is 19.0 Å². The fourth-order valence-corrected chi connectivity index (χ4v) is 2.74. The van der Waals surface area contributed by atoms with Gasteiger partial charge in [-0.25, -0.2) is 4.79 Å². The average Bonchev–Trinajstić information content (AvgIpc) is 2.75. The molecule has 2 rings (SSSR count). The summed E-state index contributed by atoms with van der Waals surface area (Å²) in [6.45, 7) is -0.665. The molecule has 0 bridgehead atoms. The molecule has 0 aromatic heterocycles. The molecule has 1 atom stereocenters. The molecule has 1 unspecified atom stereocenters. The Bertz CT molecular complexity index is 981. The van der Waals surface area contributed by atoms with Gasteiger partial charge in [0.15, 0.2) is 6.04 Å². The third-order valence-corrected chi connectivity index (χ3v) is 4.27. The molecule has 0 radical (unpaired) electrons. The summed E-state index contributed by atoms with van der Waals surface area (Å²) in [5.41, 5.74) is -0.387. The van der Waals surface area contributed by atoms with Crippen LogP contribution < -0.4 is 10.1 Å². The first-order valence-electron chi connectivity index (χ1n) is 9.12. The third kappa shape index (κ3) is 6.17. The van der Waals surface area contributed by atoms with Crippen molar-refractivity contribution in [2.24, 2.45) is 0 Å². The molecule has 0 spiro atoms. The Morgan fingerprint density at radius 3 is 2.41 bits per heavy atom. The summed E-state index contributed by atoms with van der Waals surface area (Å²) in [4.78, 5) is 34.0. The van der Waals surface area contributed by atoms with E-state index in [2.05, 4.69) is 4.74 Å². The summed E-state index contributed by atoms with van der Waals surface area (Å²) in [7, 11) is 0.757. The Kier molecular flexibility index (Phi) is 8.13. The molecule has 9 nitrogen and oxygen atoms in total. The Morgan fingerprint density at radius 1 is 1.22 bits per heavy atom. The van der Waals surface area contributed by atoms with Crippen LogP contribution >= 0.6 is 0 Å². The minimum Gasteiger partial charge on any atom is -0.486 e. The highest BCUT2D eigenvalue weighted by Crippen LogP contribution is 2.36. The Balaban J connectivity index is 2.52. The highest BCUT2D eigenvalue weighted by atomic mass is 19.4. The van der Waals surface area contributed by atoms with Crippen molar-refractivity contribution in [1.29, 1.82) is 0 Å². The SMILES string of the molecule is COC(=O)C(=O)C(Nc1cc(CCO)c([N+](=O)[O-])cc1OCc1ccccc1)C(F)(F)F. The number of Topliss-reactive ketones (excluding diaryl/α,β-unsaturated/α-hetero) is 1. The van der Waals surface area contributed by atoms with E-state index >= 15 is 0 Å². The van der Waals surface area contributed by atoms with Crippen LogP contribution in [-0.2, 0) is 27.4 Å². The summed E-state index contributed by atoms with van der Waals surface area (Å²) in [5.74, 6) is -3.98. The summed E-state index contributed by atoms with van der Waals surface area (Å²) < 4.78 is 50.1. The van der Waals surface area contributed by atoms with Gasteiger partial charge < -0.3 is 19.9 Å². The maximum Gasteiger partial charge on any atom is 0.416 e. The molecule has 0 amide bonds. The molecule has 12 heteroatoms. The van der Waals surface area contributed by atoms with E-state index < -0.39 is 46.9 Å². The van der Waals surface area contributed by atoms with Crippen molar-refractivity contribution >= 4 is 23.1 Å². The lowest BCUT2D eigenvalue weighted by Gasteiger charge is -2.22. The van der Waals surface area contributed by atoms with E-state index in [1.165, 1.54) is 0 Å². The number of hydrogen-bond donors (Lipinski definition) is 2. The van der Waals surface area contributed by atoms with E-state index in [9.17, 15) is 38.0 Å². The van der Waals surface area contributed by atoms with Gasteiger partial charge in [-0.3, -0.25) is 14.9 Å². The lowest BCUT2D eigenvalue weighted by Crippen LogP contribution is -2.46. The van der Waals surface area contributed by atoms with Gasteiger partial charge in [-0.1, -0.05) is 30.3 Å². The van der Waals surface area contributed by atoms with Gasteiger partial charge in [0.05, 0.1) is 23.8 Å². The Labute approximate surface area is 179 Å². The molecule has 0 saturated heterocycles. The number of anilines is 1. The van der Waals surface area contributed by atoms with Crippen molar-refractivity contribution in [3.8, 4) is 5.75 Å². The van der Waals surface area contributed by atoms with Crippen LogP contribution in [-0.4, -0.2) is 47.7 Å². The quantitative estimate of drug-likeness (QED) is 0.242. The van der Waals surface area contributed by atoms with Crippen LogP contribution in [0.15, 0.2) is 42.5 Å². The molecule has 2 N–H and O–H groups in total. The number of nitro benzene ring substituents is 1. The highest BCUT2D eigenvalue weighted by molar-refractivity contribution is 6.36. The molecule has 0 fully saturated rings. The zero-order valence-electron chi connectivity index (χ0n) is 16.7. The van der Waals surface area contributed by atoms with Crippen molar-refractivity contribution in [2.45, 2.75) is 25.2 Å². The number of ether oxygens (including phenoxy) is 2. The van der Waals surface area contributed by atoms with E-state index in [-0.39, 0.29) is 24.3 Å². The van der Waals surface area contributed by atoms with Crippen LogP contribution in [0.3, 0.4) is 0 Å². The Hall–Kier alpha value is -3.67. The summed E-state index contributed by atoms with van der Waals surface area (Å²) in [6, 6.07) is 7.33. The lowest BCUT2D eigenvalue weighted by atomic mass is 10.1. The van der Waals surface area contributed by atoms with Gasteiger partial charge in [0.2, 0.25) is 0 Å². The number of carbonyl (C=O) groups is 2.